The van der Waals surface area contributed by atoms with Crippen LogP contribution in [0, 0.1) is 5.92 Å². The summed E-state index contributed by atoms with van der Waals surface area (Å²) >= 11 is 0. The Hall–Kier alpha value is -2.37. The summed E-state index contributed by atoms with van der Waals surface area (Å²) in [7, 11) is 0. The molecule has 6 nitrogen and oxygen atoms in total. The van der Waals surface area contributed by atoms with Gasteiger partial charge in [-0.15, -0.1) is 0 Å². The van der Waals surface area contributed by atoms with E-state index in [1.165, 1.54) is 0 Å². The van der Waals surface area contributed by atoms with E-state index in [1.54, 1.807) is 27.7 Å². The van der Waals surface area contributed by atoms with Crippen molar-refractivity contribution in [3.05, 3.63) is 35.9 Å². The molecular weight excluding hydrogens is 358 g/mol. The number of rotatable bonds is 10. The second-order valence-electron chi connectivity index (χ2n) is 7.73. The second-order valence-corrected chi connectivity index (χ2v) is 7.73. The van der Waals surface area contributed by atoms with Gasteiger partial charge in [0.15, 0.2) is 0 Å². The first-order valence-electron chi connectivity index (χ1n) is 9.91. The Labute approximate surface area is 168 Å². The van der Waals surface area contributed by atoms with Gasteiger partial charge in [0.05, 0.1) is 6.61 Å². The highest BCUT2D eigenvalue weighted by Crippen LogP contribution is 2.15. The minimum absolute atomic E-state index is 0.183. The topological polar surface area (TPSA) is 81.7 Å². The molecule has 156 valence electrons. The van der Waals surface area contributed by atoms with Gasteiger partial charge in [-0.05, 0) is 46.1 Å². The van der Waals surface area contributed by atoms with E-state index >= 15 is 0 Å². The van der Waals surface area contributed by atoms with E-state index in [0.29, 0.717) is 6.42 Å². The molecule has 28 heavy (non-hydrogen) atoms. The summed E-state index contributed by atoms with van der Waals surface area (Å²) in [4.78, 5) is 37.8. The van der Waals surface area contributed by atoms with E-state index in [0.717, 1.165) is 18.4 Å². The highest BCUT2D eigenvalue weighted by molar-refractivity contribution is 5.99. The van der Waals surface area contributed by atoms with Crippen molar-refractivity contribution in [1.29, 1.82) is 0 Å². The monoisotopic (exact) mass is 391 g/mol. The van der Waals surface area contributed by atoms with Crippen LogP contribution in [0.25, 0.3) is 0 Å². The smallest absolute Gasteiger partial charge is 0.329 e. The number of benzene rings is 1. The lowest BCUT2D eigenvalue weighted by Crippen LogP contribution is -2.48. The molecule has 0 radical (unpaired) electrons. The highest BCUT2D eigenvalue weighted by Gasteiger charge is 2.33. The molecular formula is C22H33NO5. The van der Waals surface area contributed by atoms with Gasteiger partial charge in [-0.1, -0.05) is 50.1 Å². The summed E-state index contributed by atoms with van der Waals surface area (Å²) in [6.45, 7) is 9.22. The van der Waals surface area contributed by atoms with Crippen molar-refractivity contribution in [2.45, 2.75) is 71.9 Å². The first-order valence-corrected chi connectivity index (χ1v) is 9.91. The lowest BCUT2D eigenvalue weighted by atomic mass is 9.97. The summed E-state index contributed by atoms with van der Waals surface area (Å²) in [6, 6.07) is 8.47. The fourth-order valence-electron chi connectivity index (χ4n) is 2.68. The van der Waals surface area contributed by atoms with E-state index in [2.05, 4.69) is 5.32 Å². The third-order valence-electron chi connectivity index (χ3n) is 4.02. The van der Waals surface area contributed by atoms with E-state index < -0.39 is 35.4 Å². The number of hydrogen-bond acceptors (Lipinski definition) is 5. The summed E-state index contributed by atoms with van der Waals surface area (Å²) in [5, 5.41) is 2.72. The van der Waals surface area contributed by atoms with E-state index in [9.17, 15) is 14.4 Å². The number of carbonyl (C=O) groups is 3. The Kier molecular flexibility index (Phi) is 9.69. The minimum Gasteiger partial charge on any atom is -0.465 e. The maximum Gasteiger partial charge on any atom is 0.329 e. The molecule has 0 spiro atoms. The molecule has 1 aromatic carbocycles. The van der Waals surface area contributed by atoms with Gasteiger partial charge < -0.3 is 14.8 Å². The first-order chi connectivity index (χ1) is 13.2. The highest BCUT2D eigenvalue weighted by atomic mass is 16.6. The Morgan fingerprint density at radius 3 is 2.21 bits per heavy atom. The number of amides is 1. The lowest BCUT2D eigenvalue weighted by Gasteiger charge is -2.25. The third kappa shape index (κ3) is 8.55. The number of unbranched alkanes of at least 4 members (excludes halogenated alkanes) is 1. The van der Waals surface area contributed by atoms with Gasteiger partial charge in [0.2, 0.25) is 5.91 Å². The van der Waals surface area contributed by atoms with Gasteiger partial charge in [0, 0.05) is 0 Å². The molecule has 1 amide bonds. The maximum absolute atomic E-state index is 12.9. The van der Waals surface area contributed by atoms with Crippen LogP contribution >= 0.6 is 0 Å². The molecule has 6 heteroatoms. The van der Waals surface area contributed by atoms with Gasteiger partial charge in [-0.2, -0.15) is 0 Å². The zero-order valence-electron chi connectivity index (χ0n) is 17.6. The van der Waals surface area contributed by atoms with Crippen molar-refractivity contribution in [2.24, 2.45) is 5.92 Å². The standard InChI is InChI=1S/C22H33NO5/c1-6-8-14-18(21(26)28-22(3,4)5)23-19(24)17(20(25)27-7-2)15-16-12-10-9-11-13-16/h9-13,17-18H,6-8,14-15H2,1-5H3,(H,23,24)/t17-,18-/m0/s1. The van der Waals surface area contributed by atoms with Crippen LogP contribution in [0.2, 0.25) is 0 Å². The van der Waals surface area contributed by atoms with Gasteiger partial charge in [0.1, 0.15) is 17.6 Å². The van der Waals surface area contributed by atoms with Crippen molar-refractivity contribution in [3.8, 4) is 0 Å². The molecule has 0 saturated carbocycles. The number of nitrogens with one attached hydrogen (secondary N) is 1. The average molecular weight is 392 g/mol. The Bertz CT molecular complexity index is 636. The van der Waals surface area contributed by atoms with Crippen molar-refractivity contribution in [1.82, 2.24) is 5.32 Å². The quantitative estimate of drug-likeness (QED) is 0.488. The molecule has 0 heterocycles. The maximum atomic E-state index is 12.9. The van der Waals surface area contributed by atoms with Crippen LogP contribution in [-0.4, -0.2) is 36.1 Å². The molecule has 0 aliphatic carbocycles. The van der Waals surface area contributed by atoms with Crippen molar-refractivity contribution in [2.75, 3.05) is 6.61 Å². The number of carbonyl (C=O) groups excluding carboxylic acids is 3. The summed E-state index contributed by atoms with van der Waals surface area (Å²) < 4.78 is 10.5. The zero-order valence-corrected chi connectivity index (χ0v) is 17.6. The molecule has 1 rings (SSSR count). The fourth-order valence-corrected chi connectivity index (χ4v) is 2.68. The normalized spacial score (nSPS) is 13.3. The molecule has 0 aliphatic heterocycles. The Balaban J connectivity index is 2.96. The Morgan fingerprint density at radius 2 is 1.68 bits per heavy atom. The van der Waals surface area contributed by atoms with Crippen LogP contribution < -0.4 is 5.32 Å². The van der Waals surface area contributed by atoms with Crippen molar-refractivity contribution in [3.63, 3.8) is 0 Å². The largest absolute Gasteiger partial charge is 0.465 e. The molecule has 0 fully saturated rings. The number of ether oxygens (including phenoxy) is 2. The van der Waals surface area contributed by atoms with Gasteiger partial charge in [-0.3, -0.25) is 9.59 Å². The molecule has 0 aliphatic rings. The van der Waals surface area contributed by atoms with Crippen LogP contribution in [0.3, 0.4) is 0 Å². The van der Waals surface area contributed by atoms with Crippen LogP contribution in [0.15, 0.2) is 30.3 Å². The van der Waals surface area contributed by atoms with Crippen molar-refractivity contribution < 1.29 is 23.9 Å². The molecule has 1 N–H and O–H groups in total. The molecule has 0 aromatic heterocycles. The number of esters is 2. The summed E-state index contributed by atoms with van der Waals surface area (Å²) in [5.74, 6) is -2.62. The van der Waals surface area contributed by atoms with Crippen LogP contribution in [0.4, 0.5) is 0 Å². The van der Waals surface area contributed by atoms with Crippen molar-refractivity contribution >= 4 is 17.8 Å². The van der Waals surface area contributed by atoms with Crippen LogP contribution in [0.1, 0.15) is 59.4 Å². The number of hydrogen-bond donors (Lipinski definition) is 1. The van der Waals surface area contributed by atoms with Gasteiger partial charge in [0.25, 0.3) is 0 Å². The molecule has 1 aromatic rings. The lowest BCUT2D eigenvalue weighted by molar-refractivity contribution is -0.161. The van der Waals surface area contributed by atoms with Gasteiger partial charge >= 0.3 is 11.9 Å². The predicted octanol–water partition coefficient (Wildman–Crippen LogP) is 3.43. The first kappa shape index (κ1) is 23.7. The molecule has 0 bridgehead atoms. The Morgan fingerprint density at radius 1 is 1.04 bits per heavy atom. The second kappa shape index (κ2) is 11.5. The minimum atomic E-state index is -1.02. The zero-order chi connectivity index (χ0) is 21.2. The fraction of sp³-hybridized carbons (Fsp3) is 0.591. The molecule has 2 atom stereocenters. The van der Waals surface area contributed by atoms with E-state index in [-0.39, 0.29) is 13.0 Å². The summed E-state index contributed by atoms with van der Waals surface area (Å²) in [5.41, 5.74) is 0.190. The van der Waals surface area contributed by atoms with E-state index in [4.69, 9.17) is 9.47 Å². The average Bonchev–Trinajstić information content (AvgIpc) is 2.62. The third-order valence-corrected chi connectivity index (χ3v) is 4.02. The SMILES string of the molecule is CCCC[C@H](NC(=O)[C@H](Cc1ccccc1)C(=O)OCC)C(=O)OC(C)(C)C. The van der Waals surface area contributed by atoms with Crippen LogP contribution in [-0.2, 0) is 30.3 Å². The van der Waals surface area contributed by atoms with Gasteiger partial charge in [-0.25, -0.2) is 4.79 Å². The van der Waals surface area contributed by atoms with Crippen LogP contribution in [0.5, 0.6) is 0 Å². The molecule has 0 unspecified atom stereocenters. The van der Waals surface area contributed by atoms with E-state index in [1.807, 2.05) is 37.3 Å². The predicted molar refractivity (Wildman–Crippen MR) is 108 cm³/mol. The molecule has 0 saturated heterocycles. The summed E-state index contributed by atoms with van der Waals surface area (Å²) in [6.07, 6.45) is 2.30.